The topological polar surface area (TPSA) is 38.0 Å². The highest BCUT2D eigenvalue weighted by Gasteiger charge is 2.18. The number of nitrogens with two attached hydrogens (primary N) is 1. The molecule has 0 saturated carbocycles. The van der Waals surface area contributed by atoms with Crippen molar-refractivity contribution in [3.8, 4) is 0 Å². The lowest BCUT2D eigenvalue weighted by atomic mass is 9.86. The quantitative estimate of drug-likeness (QED) is 0.838. The molecule has 2 atom stereocenters. The summed E-state index contributed by atoms with van der Waals surface area (Å²) in [5.41, 5.74) is 10.2. The summed E-state index contributed by atoms with van der Waals surface area (Å²) < 4.78 is 0. The van der Waals surface area contributed by atoms with Gasteiger partial charge in [0.15, 0.2) is 0 Å². The Morgan fingerprint density at radius 1 is 1.22 bits per heavy atom. The van der Waals surface area contributed by atoms with Crippen molar-refractivity contribution in [3.05, 3.63) is 34.9 Å². The molecular weight excluding hydrogens is 220 g/mol. The van der Waals surface area contributed by atoms with Crippen LogP contribution >= 0.6 is 0 Å². The lowest BCUT2D eigenvalue weighted by Crippen LogP contribution is -2.25. The second kappa shape index (κ2) is 6.35. The Morgan fingerprint density at radius 2 is 1.94 bits per heavy atom. The van der Waals surface area contributed by atoms with Crippen molar-refractivity contribution in [3.63, 3.8) is 0 Å². The molecule has 0 radical (unpaired) electrons. The highest BCUT2D eigenvalue weighted by atomic mass is 14.9. The summed E-state index contributed by atoms with van der Waals surface area (Å²) in [6.45, 7) is 3.05. The predicted octanol–water partition coefficient (Wildman–Crippen LogP) is 2.81. The van der Waals surface area contributed by atoms with E-state index in [4.69, 9.17) is 5.73 Å². The summed E-state index contributed by atoms with van der Waals surface area (Å²) >= 11 is 0. The molecule has 0 aliphatic heterocycles. The SMILES string of the molecule is CNC(c1ccc2c(c1)CCCC2)C(C)CCN. The van der Waals surface area contributed by atoms with Crippen molar-refractivity contribution in [1.82, 2.24) is 5.32 Å². The Bertz CT molecular complexity index is 387. The molecular formula is C16H26N2. The Kier molecular flexibility index (Phi) is 4.79. The summed E-state index contributed by atoms with van der Waals surface area (Å²) in [6, 6.07) is 7.49. The van der Waals surface area contributed by atoms with Gasteiger partial charge in [0.25, 0.3) is 0 Å². The van der Waals surface area contributed by atoms with E-state index in [1.54, 1.807) is 11.1 Å². The summed E-state index contributed by atoms with van der Waals surface area (Å²) in [5.74, 6) is 0.585. The van der Waals surface area contributed by atoms with Gasteiger partial charge < -0.3 is 11.1 Å². The molecule has 2 unspecified atom stereocenters. The molecule has 1 aromatic carbocycles. The van der Waals surface area contributed by atoms with E-state index in [0.29, 0.717) is 12.0 Å². The fraction of sp³-hybridized carbons (Fsp3) is 0.625. The van der Waals surface area contributed by atoms with Crippen molar-refractivity contribution in [2.24, 2.45) is 11.7 Å². The molecule has 0 aromatic heterocycles. The molecule has 1 aliphatic rings. The first-order chi connectivity index (χ1) is 8.76. The third-order valence-corrected chi connectivity index (χ3v) is 4.23. The van der Waals surface area contributed by atoms with E-state index >= 15 is 0 Å². The Balaban J connectivity index is 2.20. The first-order valence-electron chi connectivity index (χ1n) is 7.25. The molecule has 18 heavy (non-hydrogen) atoms. The van der Waals surface area contributed by atoms with E-state index in [0.717, 1.165) is 13.0 Å². The molecule has 3 N–H and O–H groups in total. The number of nitrogens with one attached hydrogen (secondary N) is 1. The fourth-order valence-corrected chi connectivity index (χ4v) is 3.16. The van der Waals surface area contributed by atoms with Gasteiger partial charge in [-0.05, 0) is 68.3 Å². The lowest BCUT2D eigenvalue weighted by Gasteiger charge is -2.26. The average molecular weight is 246 g/mol. The second-order valence-corrected chi connectivity index (χ2v) is 5.56. The molecule has 0 spiro atoms. The number of fused-ring (bicyclic) bond motifs is 1. The third-order valence-electron chi connectivity index (χ3n) is 4.23. The molecule has 0 saturated heterocycles. The maximum Gasteiger partial charge on any atom is 0.0344 e. The van der Waals surface area contributed by atoms with Crippen LogP contribution in [-0.4, -0.2) is 13.6 Å². The molecule has 1 aromatic rings. The van der Waals surface area contributed by atoms with Crippen LogP contribution in [0.25, 0.3) is 0 Å². The van der Waals surface area contributed by atoms with E-state index in [-0.39, 0.29) is 0 Å². The Hall–Kier alpha value is -0.860. The normalized spacial score (nSPS) is 18.2. The van der Waals surface area contributed by atoms with Gasteiger partial charge in [-0.25, -0.2) is 0 Å². The standard InChI is InChI=1S/C16H26N2/c1-12(9-10-17)16(18-2)15-8-7-13-5-3-4-6-14(13)11-15/h7-8,11-12,16,18H,3-6,9-10,17H2,1-2H3. The van der Waals surface area contributed by atoms with Gasteiger partial charge in [-0.3, -0.25) is 0 Å². The van der Waals surface area contributed by atoms with Crippen LogP contribution in [0.3, 0.4) is 0 Å². The average Bonchev–Trinajstić information content (AvgIpc) is 2.40. The minimum atomic E-state index is 0.431. The van der Waals surface area contributed by atoms with Crippen LogP contribution in [0.2, 0.25) is 0 Å². The molecule has 100 valence electrons. The monoisotopic (exact) mass is 246 g/mol. The molecule has 1 aliphatic carbocycles. The number of hydrogen-bond donors (Lipinski definition) is 2. The molecule has 0 fully saturated rings. The smallest absolute Gasteiger partial charge is 0.0344 e. The predicted molar refractivity (Wildman–Crippen MR) is 77.7 cm³/mol. The number of hydrogen-bond acceptors (Lipinski definition) is 2. The van der Waals surface area contributed by atoms with Crippen LogP contribution in [-0.2, 0) is 12.8 Å². The number of rotatable bonds is 5. The maximum atomic E-state index is 5.68. The van der Waals surface area contributed by atoms with Gasteiger partial charge in [-0.2, -0.15) is 0 Å². The summed E-state index contributed by atoms with van der Waals surface area (Å²) in [5, 5.41) is 3.45. The zero-order valence-electron chi connectivity index (χ0n) is 11.7. The Morgan fingerprint density at radius 3 is 2.61 bits per heavy atom. The van der Waals surface area contributed by atoms with Crippen molar-refractivity contribution in [2.75, 3.05) is 13.6 Å². The van der Waals surface area contributed by atoms with Gasteiger partial charge in [0, 0.05) is 6.04 Å². The molecule has 2 rings (SSSR count). The van der Waals surface area contributed by atoms with Gasteiger partial charge >= 0.3 is 0 Å². The Labute approximate surface area is 111 Å². The van der Waals surface area contributed by atoms with E-state index in [1.807, 2.05) is 0 Å². The second-order valence-electron chi connectivity index (χ2n) is 5.56. The van der Waals surface area contributed by atoms with E-state index in [1.165, 1.54) is 31.2 Å². The van der Waals surface area contributed by atoms with Gasteiger partial charge in [0.1, 0.15) is 0 Å². The van der Waals surface area contributed by atoms with Crippen LogP contribution in [0.4, 0.5) is 0 Å². The first kappa shape index (κ1) is 13.6. The summed E-state index contributed by atoms with van der Waals surface area (Å²) in [4.78, 5) is 0. The highest BCUT2D eigenvalue weighted by Crippen LogP contribution is 2.28. The molecule has 2 heteroatoms. The van der Waals surface area contributed by atoms with Crippen LogP contribution in [0.1, 0.15) is 48.9 Å². The van der Waals surface area contributed by atoms with E-state index < -0.39 is 0 Å². The molecule has 0 amide bonds. The largest absolute Gasteiger partial charge is 0.330 e. The maximum absolute atomic E-state index is 5.68. The van der Waals surface area contributed by atoms with Crippen LogP contribution in [0.15, 0.2) is 18.2 Å². The van der Waals surface area contributed by atoms with Crippen LogP contribution in [0, 0.1) is 5.92 Å². The van der Waals surface area contributed by atoms with Crippen molar-refractivity contribution in [2.45, 2.75) is 45.1 Å². The van der Waals surface area contributed by atoms with E-state index in [2.05, 4.69) is 37.5 Å². The summed E-state index contributed by atoms with van der Waals surface area (Å²) in [7, 11) is 2.05. The zero-order valence-corrected chi connectivity index (χ0v) is 11.7. The minimum Gasteiger partial charge on any atom is -0.330 e. The highest BCUT2D eigenvalue weighted by molar-refractivity contribution is 5.35. The van der Waals surface area contributed by atoms with Gasteiger partial charge in [0.2, 0.25) is 0 Å². The van der Waals surface area contributed by atoms with Crippen molar-refractivity contribution in [1.29, 1.82) is 0 Å². The van der Waals surface area contributed by atoms with E-state index in [9.17, 15) is 0 Å². The number of aryl methyl sites for hydroxylation is 2. The van der Waals surface area contributed by atoms with Crippen LogP contribution < -0.4 is 11.1 Å². The van der Waals surface area contributed by atoms with Gasteiger partial charge in [0.05, 0.1) is 0 Å². The lowest BCUT2D eigenvalue weighted by molar-refractivity contribution is 0.391. The van der Waals surface area contributed by atoms with Gasteiger partial charge in [-0.1, -0.05) is 25.1 Å². The first-order valence-corrected chi connectivity index (χ1v) is 7.25. The third kappa shape index (κ3) is 2.93. The number of benzene rings is 1. The van der Waals surface area contributed by atoms with Crippen molar-refractivity contribution < 1.29 is 0 Å². The molecule has 2 nitrogen and oxygen atoms in total. The fourth-order valence-electron chi connectivity index (χ4n) is 3.16. The zero-order chi connectivity index (χ0) is 13.0. The van der Waals surface area contributed by atoms with Crippen LogP contribution in [0.5, 0.6) is 0 Å². The molecule has 0 bridgehead atoms. The van der Waals surface area contributed by atoms with Gasteiger partial charge in [-0.15, -0.1) is 0 Å². The summed E-state index contributed by atoms with van der Waals surface area (Å²) in [6.07, 6.45) is 6.29. The molecule has 0 heterocycles. The minimum absolute atomic E-state index is 0.431. The van der Waals surface area contributed by atoms with Crippen molar-refractivity contribution >= 4 is 0 Å².